The Labute approximate surface area is 531 Å². The predicted octanol–water partition coefficient (Wildman–Crippen LogP) is 7.20. The van der Waals surface area contributed by atoms with Crippen LogP contribution in [0.2, 0.25) is 0 Å². The Bertz CT molecular complexity index is 2970. The van der Waals surface area contributed by atoms with Gasteiger partial charge in [0.15, 0.2) is 0 Å². The van der Waals surface area contributed by atoms with Gasteiger partial charge in [0, 0.05) is 73.6 Å². The highest BCUT2D eigenvalue weighted by molar-refractivity contribution is 5.99. The quantitative estimate of drug-likeness (QED) is 0.0327. The fourth-order valence-corrected chi connectivity index (χ4v) is 13.5. The Morgan fingerprint density at radius 3 is 1.11 bits per heavy atom. The molecule has 5 aromatic rings. The average Bonchev–Trinajstić information content (AvgIpc) is 2.21. The lowest BCUT2D eigenvalue weighted by atomic mass is 9.83. The normalized spacial score (nSPS) is 20.0. The van der Waals surface area contributed by atoms with E-state index >= 15 is 9.59 Å². The fourth-order valence-electron chi connectivity index (χ4n) is 13.5. The highest BCUT2D eigenvalue weighted by atomic mass is 16.2. The van der Waals surface area contributed by atoms with Gasteiger partial charge in [0.05, 0.1) is 24.2 Å². The molecule has 8 amide bonds. The van der Waals surface area contributed by atoms with Crippen molar-refractivity contribution >= 4 is 47.3 Å². The van der Waals surface area contributed by atoms with Gasteiger partial charge in [-0.15, -0.1) is 0 Å². The number of amides is 8. The van der Waals surface area contributed by atoms with E-state index in [4.69, 9.17) is 0 Å². The van der Waals surface area contributed by atoms with Gasteiger partial charge in [-0.2, -0.15) is 0 Å². The van der Waals surface area contributed by atoms with Gasteiger partial charge in [-0.1, -0.05) is 136 Å². The Hall–Kier alpha value is -8.22. The van der Waals surface area contributed by atoms with Crippen LogP contribution in [0.5, 0.6) is 0 Å². The molecule has 4 aliphatic rings. The maximum Gasteiger partial charge on any atom is 0.253 e. The van der Waals surface area contributed by atoms with Crippen molar-refractivity contribution in [1.29, 1.82) is 0 Å². The molecular formula is C72H92N10O8. The van der Waals surface area contributed by atoms with Crippen LogP contribution in [0, 0.1) is 11.8 Å². The van der Waals surface area contributed by atoms with E-state index in [2.05, 4.69) is 31.9 Å². The summed E-state index contributed by atoms with van der Waals surface area (Å²) < 4.78 is 0. The number of likely N-dealkylation sites (tertiary alicyclic amines) is 2. The highest BCUT2D eigenvalue weighted by Gasteiger charge is 2.45. The Kier molecular flexibility index (Phi) is 23.9. The van der Waals surface area contributed by atoms with Gasteiger partial charge < -0.3 is 51.5 Å². The first-order valence-corrected chi connectivity index (χ1v) is 32.7. The summed E-state index contributed by atoms with van der Waals surface area (Å²) in [5.74, 6) is -2.33. The Morgan fingerprint density at radius 2 is 0.778 bits per heavy atom. The van der Waals surface area contributed by atoms with Gasteiger partial charge in [-0.05, 0) is 151 Å². The Morgan fingerprint density at radius 1 is 0.444 bits per heavy atom. The minimum Gasteiger partial charge on any atom is -0.347 e. The maximum atomic E-state index is 15.3. The zero-order valence-corrected chi connectivity index (χ0v) is 52.8. The lowest BCUT2D eigenvalue weighted by Gasteiger charge is -2.37. The fraction of sp³-hybridized carbons (Fsp3) is 0.472. The van der Waals surface area contributed by atoms with Crippen LogP contribution in [-0.2, 0) is 32.0 Å². The average molecular weight is 1230 g/mol. The number of benzene rings is 5. The standard InChI is InChI=1S/C72H92N10O8/c1-49(73-3)65(83)77-63(53-27-15-7-16-28-53)71(89)81-45-59(43-61(81)47-79(41-39-51-23-11-5-12-24-51)69(87)57-31-19-9-20-32-57)75-67(85)55-35-37-56(38-36-55)68(86)76-60-44-62(48-80(42-40-52-25-13-6-14-26-52)70(88)58-33-21-10-22-34-58)82(46-60)72(90)64(54-29-17-8-18-30-54)78-66(84)50(2)74-4/h5-6,9-14,19-26,31-38,49-50,53-54,59-64,73-74H,7-8,15-18,27-30,39-48H2,1-4H3,(H,75,85)(H,76,86)(H,77,83)(H,78,84)/t49-,50-,59-,60-,61-,62-,63-,64-/m0/s1. The van der Waals surface area contributed by atoms with Crippen molar-refractivity contribution < 1.29 is 38.4 Å². The van der Waals surface area contributed by atoms with Crippen molar-refractivity contribution in [3.05, 3.63) is 179 Å². The van der Waals surface area contributed by atoms with Crippen molar-refractivity contribution in [3.8, 4) is 0 Å². The summed E-state index contributed by atoms with van der Waals surface area (Å²) in [5.41, 5.74) is 3.76. The van der Waals surface area contributed by atoms with Crippen LogP contribution in [0.25, 0.3) is 0 Å². The lowest BCUT2D eigenvalue weighted by molar-refractivity contribution is -0.140. The second-order valence-corrected chi connectivity index (χ2v) is 25.2. The molecule has 18 nitrogen and oxygen atoms in total. The number of nitrogens with zero attached hydrogens (tertiary/aromatic N) is 4. The first-order valence-electron chi connectivity index (χ1n) is 32.7. The van der Waals surface area contributed by atoms with E-state index in [-0.39, 0.29) is 73.5 Å². The number of rotatable bonds is 26. The van der Waals surface area contributed by atoms with Crippen LogP contribution >= 0.6 is 0 Å². The number of hydrogen-bond donors (Lipinski definition) is 6. The van der Waals surface area contributed by atoms with Gasteiger partial charge in [0.1, 0.15) is 12.1 Å². The van der Waals surface area contributed by atoms with Crippen molar-refractivity contribution in [2.75, 3.05) is 53.4 Å². The first-order chi connectivity index (χ1) is 43.7. The summed E-state index contributed by atoms with van der Waals surface area (Å²) in [7, 11) is 3.41. The minimum atomic E-state index is -0.799. The third-order valence-electron chi connectivity index (χ3n) is 19.0. The van der Waals surface area contributed by atoms with E-state index in [1.165, 1.54) is 0 Å². The van der Waals surface area contributed by atoms with E-state index in [1.54, 1.807) is 96.1 Å². The number of nitrogens with one attached hydrogen (secondary N) is 6. The van der Waals surface area contributed by atoms with Crippen molar-refractivity contribution in [2.24, 2.45) is 11.8 Å². The topological polar surface area (TPSA) is 222 Å². The molecule has 0 unspecified atom stereocenters. The van der Waals surface area contributed by atoms with Gasteiger partial charge in [-0.3, -0.25) is 38.4 Å². The van der Waals surface area contributed by atoms with E-state index in [0.29, 0.717) is 61.0 Å². The molecule has 18 heteroatoms. The molecule has 90 heavy (non-hydrogen) atoms. The third kappa shape index (κ3) is 17.6. The smallest absolute Gasteiger partial charge is 0.253 e. The molecule has 2 aliphatic heterocycles. The largest absolute Gasteiger partial charge is 0.347 e. The summed E-state index contributed by atoms with van der Waals surface area (Å²) in [4.78, 5) is 123. The molecule has 0 spiro atoms. The molecule has 9 rings (SSSR count). The molecule has 0 radical (unpaired) electrons. The molecule has 2 heterocycles. The lowest BCUT2D eigenvalue weighted by Crippen LogP contribution is -2.57. The van der Waals surface area contributed by atoms with Crippen molar-refractivity contribution in [2.45, 2.75) is 152 Å². The molecule has 2 saturated carbocycles. The van der Waals surface area contributed by atoms with Gasteiger partial charge in [0.2, 0.25) is 23.6 Å². The molecule has 0 aromatic heterocycles. The van der Waals surface area contributed by atoms with E-state index in [1.807, 2.05) is 97.1 Å². The molecular weight excluding hydrogens is 1130 g/mol. The third-order valence-corrected chi connectivity index (χ3v) is 19.0. The Balaban J connectivity index is 0.933. The number of carbonyl (C=O) groups excluding carboxylic acids is 8. The van der Waals surface area contributed by atoms with Crippen molar-refractivity contribution in [1.82, 2.24) is 51.5 Å². The van der Waals surface area contributed by atoms with Crippen LogP contribution in [0.15, 0.2) is 146 Å². The van der Waals surface area contributed by atoms with Crippen LogP contribution < -0.4 is 31.9 Å². The molecule has 2 saturated heterocycles. The molecule has 0 bridgehead atoms. The highest BCUT2D eigenvalue weighted by Crippen LogP contribution is 2.33. The van der Waals surface area contributed by atoms with Gasteiger partial charge in [-0.25, -0.2) is 0 Å². The summed E-state index contributed by atoms with van der Waals surface area (Å²) >= 11 is 0. The second kappa shape index (κ2) is 32.5. The molecule has 4 fully saturated rings. The van der Waals surface area contributed by atoms with E-state index in [0.717, 1.165) is 75.3 Å². The van der Waals surface area contributed by atoms with Crippen molar-refractivity contribution in [3.63, 3.8) is 0 Å². The second-order valence-electron chi connectivity index (χ2n) is 25.2. The molecule has 2 aliphatic carbocycles. The summed E-state index contributed by atoms with van der Waals surface area (Å²) in [6.07, 6.45) is 10.9. The van der Waals surface area contributed by atoms with Crippen LogP contribution in [0.4, 0.5) is 0 Å². The van der Waals surface area contributed by atoms with Gasteiger partial charge >= 0.3 is 0 Å². The van der Waals surface area contributed by atoms with Crippen LogP contribution in [0.1, 0.15) is 143 Å². The molecule has 6 N–H and O–H groups in total. The monoisotopic (exact) mass is 1220 g/mol. The van der Waals surface area contributed by atoms with E-state index < -0.39 is 60.1 Å². The molecule has 5 aromatic carbocycles. The first kappa shape index (κ1) is 66.2. The molecule has 8 atom stereocenters. The van der Waals surface area contributed by atoms with E-state index in [9.17, 15) is 28.8 Å². The molecule has 478 valence electrons. The zero-order valence-electron chi connectivity index (χ0n) is 52.8. The zero-order chi connectivity index (χ0) is 63.5. The summed E-state index contributed by atoms with van der Waals surface area (Å²) in [6.45, 7) is 4.97. The number of hydrogen-bond acceptors (Lipinski definition) is 10. The predicted molar refractivity (Wildman–Crippen MR) is 348 cm³/mol. The van der Waals surface area contributed by atoms with Crippen LogP contribution in [0.3, 0.4) is 0 Å². The maximum absolute atomic E-state index is 15.3. The summed E-state index contributed by atoms with van der Waals surface area (Å²) in [5, 5.41) is 18.6. The minimum absolute atomic E-state index is 0.0813. The van der Waals surface area contributed by atoms with Crippen LogP contribution in [-0.4, -0.2) is 169 Å². The number of carbonyl (C=O) groups is 8. The SMILES string of the molecule is CN[C@@H](C)C(=O)N[C@H](C(=O)N1C[C@@H](NC(=O)c2ccc(C(=O)N[C@H]3C[C@@H](CN(CCc4ccccc4)C(=O)c4ccccc4)N(C(=O)[C@@H](NC(=O)[C@H](C)NC)C4CCCCC4)C3)cc2)C[C@H]1CN(CCc1ccccc1)C(=O)c1ccccc1)C1CCCCC1. The number of likely N-dealkylation sites (N-methyl/N-ethyl adjacent to an activating group) is 2. The van der Waals surface area contributed by atoms with Gasteiger partial charge in [0.25, 0.3) is 23.6 Å². The summed E-state index contributed by atoms with van der Waals surface area (Å²) in [6, 6.07) is 39.7.